The van der Waals surface area contributed by atoms with Crippen molar-refractivity contribution in [2.45, 2.75) is 207 Å². The van der Waals surface area contributed by atoms with Gasteiger partial charge in [0.25, 0.3) is 0 Å². The van der Waals surface area contributed by atoms with Gasteiger partial charge in [-0.3, -0.25) is 14.4 Å². The maximum atomic E-state index is 13.6. The van der Waals surface area contributed by atoms with E-state index in [0.717, 1.165) is 51.5 Å². The monoisotopic (exact) mass is 766 g/mol. The van der Waals surface area contributed by atoms with Crippen molar-refractivity contribution in [1.82, 2.24) is 15.5 Å². The molecule has 0 fully saturated rings. The summed E-state index contributed by atoms with van der Waals surface area (Å²) in [6.07, 6.45) is 37.0. The molecule has 8 heteroatoms. The maximum Gasteiger partial charge on any atom is 0.306 e. The molecule has 0 aliphatic rings. The van der Waals surface area contributed by atoms with Crippen LogP contribution in [0.25, 0.3) is 0 Å². The van der Waals surface area contributed by atoms with E-state index in [1.54, 1.807) is 11.8 Å². The number of hydrogen-bond acceptors (Lipinski definition) is 6. The number of rotatable bonds is 40. The van der Waals surface area contributed by atoms with Crippen molar-refractivity contribution in [3.63, 3.8) is 0 Å². The molecule has 0 aromatic carbocycles. The predicted molar refractivity (Wildman–Crippen MR) is 231 cm³/mol. The van der Waals surface area contributed by atoms with Gasteiger partial charge in [-0.2, -0.15) is 11.8 Å². The molecule has 312 valence electrons. The van der Waals surface area contributed by atoms with Gasteiger partial charge in [0.05, 0.1) is 13.0 Å². The van der Waals surface area contributed by atoms with E-state index in [0.29, 0.717) is 37.5 Å². The Bertz CT molecular complexity index is 869. The summed E-state index contributed by atoms with van der Waals surface area (Å²) in [4.78, 5) is 41.2. The number of esters is 1. The van der Waals surface area contributed by atoms with Crippen LogP contribution in [0, 0.1) is 5.92 Å². The lowest BCUT2D eigenvalue weighted by atomic mass is 9.93. The largest absolute Gasteiger partial charge is 0.466 e. The van der Waals surface area contributed by atoms with Gasteiger partial charge in [0.2, 0.25) is 11.8 Å². The van der Waals surface area contributed by atoms with Crippen molar-refractivity contribution in [3.8, 4) is 0 Å². The third-order valence-corrected chi connectivity index (χ3v) is 11.1. The van der Waals surface area contributed by atoms with Gasteiger partial charge in [-0.15, -0.1) is 0 Å². The van der Waals surface area contributed by atoms with Crippen LogP contribution in [0.1, 0.15) is 201 Å². The van der Waals surface area contributed by atoms with E-state index in [2.05, 4.69) is 43.6 Å². The highest BCUT2D eigenvalue weighted by Gasteiger charge is 2.25. The maximum absolute atomic E-state index is 13.6. The summed E-state index contributed by atoms with van der Waals surface area (Å²) in [6, 6.07) is -0.557. The Morgan fingerprint density at radius 3 is 1.64 bits per heavy atom. The Balaban J connectivity index is 4.40. The molecule has 2 unspecified atom stereocenters. The zero-order valence-electron chi connectivity index (χ0n) is 35.6. The number of thioether (sulfide) groups is 1. The van der Waals surface area contributed by atoms with Gasteiger partial charge in [0.1, 0.15) is 6.04 Å². The molecule has 0 saturated heterocycles. The Labute approximate surface area is 333 Å². The van der Waals surface area contributed by atoms with Crippen LogP contribution in [0.4, 0.5) is 0 Å². The smallest absolute Gasteiger partial charge is 0.306 e. The van der Waals surface area contributed by atoms with E-state index in [1.807, 2.05) is 19.0 Å². The van der Waals surface area contributed by atoms with Gasteiger partial charge in [0, 0.05) is 24.8 Å². The lowest BCUT2D eigenvalue weighted by Gasteiger charge is -2.23. The van der Waals surface area contributed by atoms with Crippen LogP contribution in [0.5, 0.6) is 0 Å². The number of allylic oxidation sites excluding steroid dienone is 2. The number of amides is 2. The number of ether oxygens (including phenoxy) is 1. The van der Waals surface area contributed by atoms with E-state index >= 15 is 0 Å². The van der Waals surface area contributed by atoms with Crippen molar-refractivity contribution in [3.05, 3.63) is 12.2 Å². The van der Waals surface area contributed by atoms with E-state index in [9.17, 15) is 14.4 Å². The standard InChI is InChI=1S/C45H87N3O4S/c1-6-9-12-15-17-18-19-20-21-22-23-24-25-26-28-31-38-52-43(49)35-40-53-39-34-42(45(51)46-36-37-48(4)5)47-44(50)41(32-29-14-11-8-3)33-30-27-16-13-10-7-2/h20-21,41-42H,6-19,22-40H2,1-5H3,(H,46,51)(H,47,50). The second kappa shape index (κ2) is 40.1. The van der Waals surface area contributed by atoms with E-state index in [-0.39, 0.29) is 23.7 Å². The van der Waals surface area contributed by atoms with Crippen LogP contribution in [-0.2, 0) is 19.1 Å². The number of unbranched alkanes of at least 4 members (excludes halogenated alkanes) is 20. The number of carbonyl (C=O) groups is 3. The fourth-order valence-electron chi connectivity index (χ4n) is 6.55. The second-order valence-corrected chi connectivity index (χ2v) is 16.8. The Hall–Kier alpha value is -1.54. The number of nitrogens with zero attached hydrogens (tertiary/aromatic N) is 1. The first kappa shape index (κ1) is 51.5. The van der Waals surface area contributed by atoms with Crippen LogP contribution >= 0.6 is 11.8 Å². The predicted octanol–water partition coefficient (Wildman–Crippen LogP) is 11.6. The summed E-state index contributed by atoms with van der Waals surface area (Å²) in [5.74, 6) is 1.10. The third-order valence-electron chi connectivity index (χ3n) is 10.1. The van der Waals surface area contributed by atoms with Crippen molar-refractivity contribution in [1.29, 1.82) is 0 Å². The summed E-state index contributed by atoms with van der Waals surface area (Å²) in [6.45, 7) is 8.52. The van der Waals surface area contributed by atoms with Crippen LogP contribution in [-0.4, -0.2) is 74.0 Å². The van der Waals surface area contributed by atoms with E-state index in [4.69, 9.17) is 4.74 Å². The summed E-state index contributed by atoms with van der Waals surface area (Å²) in [5.41, 5.74) is 0. The molecule has 0 bridgehead atoms. The fourth-order valence-corrected chi connectivity index (χ4v) is 7.46. The normalized spacial score (nSPS) is 12.7. The first-order valence-corrected chi connectivity index (χ1v) is 23.6. The zero-order valence-corrected chi connectivity index (χ0v) is 36.4. The zero-order chi connectivity index (χ0) is 39.0. The molecule has 2 N–H and O–H groups in total. The van der Waals surface area contributed by atoms with Crippen LogP contribution < -0.4 is 10.6 Å². The molecule has 0 radical (unpaired) electrons. The van der Waals surface area contributed by atoms with Crippen molar-refractivity contribution < 1.29 is 19.1 Å². The molecular formula is C45H87N3O4S. The molecule has 7 nitrogen and oxygen atoms in total. The Morgan fingerprint density at radius 2 is 1.09 bits per heavy atom. The SMILES string of the molecule is CCCCCCCCC=CCCCCCCCCOC(=O)CCSCCC(NC(=O)C(CCCCCC)CCCCCCCC)C(=O)NCCN(C)C. The minimum Gasteiger partial charge on any atom is -0.466 e. The van der Waals surface area contributed by atoms with Gasteiger partial charge >= 0.3 is 5.97 Å². The number of carbonyl (C=O) groups excluding carboxylic acids is 3. The Morgan fingerprint density at radius 1 is 0.604 bits per heavy atom. The molecule has 2 amide bonds. The quantitative estimate of drug-likeness (QED) is 0.0367. The first-order chi connectivity index (χ1) is 25.8. The fraction of sp³-hybridized carbons (Fsp3) is 0.889. The minimum absolute atomic E-state index is 0.0302. The van der Waals surface area contributed by atoms with Crippen LogP contribution in [0.3, 0.4) is 0 Å². The van der Waals surface area contributed by atoms with Gasteiger partial charge < -0.3 is 20.3 Å². The number of nitrogens with one attached hydrogen (secondary N) is 2. The minimum atomic E-state index is -0.557. The molecule has 53 heavy (non-hydrogen) atoms. The molecule has 0 aromatic heterocycles. The molecule has 0 rings (SSSR count). The van der Waals surface area contributed by atoms with Gasteiger partial charge in [-0.05, 0) is 71.2 Å². The Kier molecular flexibility index (Phi) is 39.0. The highest BCUT2D eigenvalue weighted by Crippen LogP contribution is 2.20. The number of hydrogen-bond donors (Lipinski definition) is 2. The third kappa shape index (κ3) is 35.9. The molecule has 0 spiro atoms. The van der Waals surface area contributed by atoms with Gasteiger partial charge in [0.15, 0.2) is 0 Å². The topological polar surface area (TPSA) is 87.7 Å². The molecule has 0 saturated carbocycles. The molecule has 2 atom stereocenters. The first-order valence-electron chi connectivity index (χ1n) is 22.5. The van der Waals surface area contributed by atoms with Crippen molar-refractivity contribution >= 4 is 29.5 Å². The van der Waals surface area contributed by atoms with E-state index < -0.39 is 6.04 Å². The average Bonchev–Trinajstić information content (AvgIpc) is 3.14. The lowest BCUT2D eigenvalue weighted by Crippen LogP contribution is -2.49. The molecule has 0 aromatic rings. The second-order valence-electron chi connectivity index (χ2n) is 15.6. The molecular weight excluding hydrogens is 679 g/mol. The highest BCUT2D eigenvalue weighted by atomic mass is 32.2. The lowest BCUT2D eigenvalue weighted by molar-refractivity contribution is -0.143. The molecule has 0 aliphatic carbocycles. The summed E-state index contributed by atoms with van der Waals surface area (Å²) in [7, 11) is 3.97. The van der Waals surface area contributed by atoms with Gasteiger partial charge in [-0.25, -0.2) is 0 Å². The van der Waals surface area contributed by atoms with Crippen molar-refractivity contribution in [2.24, 2.45) is 5.92 Å². The summed E-state index contributed by atoms with van der Waals surface area (Å²) < 4.78 is 5.49. The van der Waals surface area contributed by atoms with E-state index in [1.165, 1.54) is 122 Å². The highest BCUT2D eigenvalue weighted by molar-refractivity contribution is 7.99. The summed E-state index contributed by atoms with van der Waals surface area (Å²) >= 11 is 1.65. The summed E-state index contributed by atoms with van der Waals surface area (Å²) in [5, 5.41) is 6.19. The van der Waals surface area contributed by atoms with Gasteiger partial charge in [-0.1, -0.05) is 155 Å². The molecule has 0 heterocycles. The van der Waals surface area contributed by atoms with Crippen LogP contribution in [0.2, 0.25) is 0 Å². The number of likely N-dealkylation sites (N-methyl/N-ethyl adjacent to an activating group) is 1. The van der Waals surface area contributed by atoms with Crippen molar-refractivity contribution in [2.75, 3.05) is 45.3 Å². The average molecular weight is 766 g/mol. The molecule has 0 aliphatic heterocycles. The van der Waals surface area contributed by atoms with Crippen LogP contribution in [0.15, 0.2) is 12.2 Å².